The number of benzene rings is 3. The topological polar surface area (TPSA) is 187 Å². The maximum absolute atomic E-state index is 12.3. The molecule has 0 fully saturated rings. The average Bonchev–Trinajstić information content (AvgIpc) is 3.69. The summed E-state index contributed by atoms with van der Waals surface area (Å²) in [6.45, 7) is 1.70. The molecule has 16 heteroatoms. The molecule has 5 aromatic rings. The Morgan fingerprint density at radius 1 is 0.917 bits per heavy atom. The fourth-order valence-corrected chi connectivity index (χ4v) is 5.21. The van der Waals surface area contributed by atoms with E-state index in [1.165, 1.54) is 0 Å². The van der Waals surface area contributed by atoms with Crippen LogP contribution in [0.4, 0.5) is 4.79 Å². The molecule has 0 aliphatic carbocycles. The summed E-state index contributed by atoms with van der Waals surface area (Å²) in [6, 6.07) is 22.0. The second-order valence-electron chi connectivity index (χ2n) is 10.5. The van der Waals surface area contributed by atoms with Gasteiger partial charge in [-0.1, -0.05) is 97.7 Å². The van der Waals surface area contributed by atoms with Gasteiger partial charge in [-0.05, 0) is 39.5 Å². The Labute approximate surface area is 279 Å². The van der Waals surface area contributed by atoms with Crippen LogP contribution in [0.5, 0.6) is 0 Å². The number of carbonyl (C=O) groups is 2. The molecule has 0 unspecified atom stereocenters. The Morgan fingerprint density at radius 3 is 2.29 bits per heavy atom. The maximum Gasteiger partial charge on any atom is 0.510 e. The van der Waals surface area contributed by atoms with Crippen LogP contribution in [0.2, 0.25) is 5.15 Å². The van der Waals surface area contributed by atoms with Crippen LogP contribution < -0.4 is 0 Å². The molecule has 0 saturated carbocycles. The fraction of sp³-hybridized carbons (Fsp3) is 0.250. The van der Waals surface area contributed by atoms with Gasteiger partial charge in [0, 0.05) is 18.5 Å². The molecule has 0 saturated heterocycles. The lowest BCUT2D eigenvalue weighted by Gasteiger charge is -2.12. The molecule has 3 N–H and O–H groups in total. The summed E-state index contributed by atoms with van der Waals surface area (Å²) in [5.74, 6) is -0.187. The molecule has 0 atom stereocenters. The number of aryl methyl sites for hydroxylation is 1. The first-order valence-electron chi connectivity index (χ1n) is 14.8. The van der Waals surface area contributed by atoms with Gasteiger partial charge in [-0.25, -0.2) is 19.4 Å². The van der Waals surface area contributed by atoms with E-state index in [0.717, 1.165) is 34.3 Å². The summed E-state index contributed by atoms with van der Waals surface area (Å²) in [7, 11) is 0. The van der Waals surface area contributed by atoms with Crippen LogP contribution in [0.1, 0.15) is 52.8 Å². The summed E-state index contributed by atoms with van der Waals surface area (Å²) in [6.07, 6.45) is 1.45. The highest BCUT2D eigenvalue weighted by Crippen LogP contribution is 2.30. The van der Waals surface area contributed by atoms with E-state index in [2.05, 4.69) is 32.2 Å². The van der Waals surface area contributed by atoms with E-state index in [1.807, 2.05) is 48.5 Å². The molecule has 3 aromatic carbocycles. The first-order chi connectivity index (χ1) is 23.2. The maximum atomic E-state index is 12.3. The normalized spacial score (nSPS) is 11.2. The predicted octanol–water partition coefficient (Wildman–Crippen LogP) is 5.77. The highest BCUT2D eigenvalue weighted by molar-refractivity contribution is 6.32. The van der Waals surface area contributed by atoms with Gasteiger partial charge in [0.25, 0.3) is 0 Å². The van der Waals surface area contributed by atoms with E-state index in [4.69, 9.17) is 31.5 Å². The van der Waals surface area contributed by atoms with Crippen molar-refractivity contribution >= 4 is 23.7 Å². The summed E-state index contributed by atoms with van der Waals surface area (Å²) in [4.78, 5) is 34.2. The minimum atomic E-state index is -1.13. The Morgan fingerprint density at radius 2 is 1.60 bits per heavy atom. The number of ether oxygens (including phenoxy) is 2. The number of carboxylic acids is 1. The molecule has 2 aromatic heterocycles. The average molecular weight is 678 g/mol. The second kappa shape index (κ2) is 16.1. The lowest BCUT2D eigenvalue weighted by atomic mass is 9.98. The van der Waals surface area contributed by atoms with Gasteiger partial charge in [-0.15, -0.1) is 15.0 Å². The van der Waals surface area contributed by atoms with Gasteiger partial charge in [-0.3, -0.25) is 10.4 Å². The number of carbonyl (C=O) groups excluding carboxylic acids is 1. The Balaban J connectivity index is 1.23. The number of hydrogen-bond acceptors (Lipinski definition) is 12. The predicted molar refractivity (Wildman–Crippen MR) is 169 cm³/mol. The SMILES string of the molecule is CCCCc1nc(Cl)c(C(=O)O)n1Cc1ccc(-c2ccccc2-c2nnn(COC(=O)OCc3ccccc3CON(O)O)n2)cc1. The van der Waals surface area contributed by atoms with Gasteiger partial charge in [0.05, 0.1) is 12.0 Å². The van der Waals surface area contributed by atoms with Crippen LogP contribution in [0.15, 0.2) is 72.8 Å². The molecular formula is C32H32ClN7O8. The molecule has 15 nitrogen and oxygen atoms in total. The molecule has 2 heterocycles. The van der Waals surface area contributed by atoms with E-state index in [0.29, 0.717) is 41.3 Å². The van der Waals surface area contributed by atoms with Crippen LogP contribution in [0, 0.1) is 0 Å². The number of nitrogens with zero attached hydrogens (tertiary/aromatic N) is 7. The number of rotatable bonds is 15. The van der Waals surface area contributed by atoms with Crippen molar-refractivity contribution in [3.8, 4) is 22.5 Å². The lowest BCUT2D eigenvalue weighted by Crippen LogP contribution is -2.16. The van der Waals surface area contributed by atoms with Crippen LogP contribution in [0.25, 0.3) is 22.5 Å². The lowest BCUT2D eigenvalue weighted by molar-refractivity contribution is -0.497. The summed E-state index contributed by atoms with van der Waals surface area (Å²) in [5.41, 5.74) is 4.39. The van der Waals surface area contributed by atoms with E-state index < -0.39 is 17.5 Å². The van der Waals surface area contributed by atoms with Crippen LogP contribution >= 0.6 is 11.6 Å². The van der Waals surface area contributed by atoms with Crippen molar-refractivity contribution < 1.29 is 39.4 Å². The molecular weight excluding hydrogens is 646 g/mol. The zero-order valence-electron chi connectivity index (χ0n) is 25.8. The third kappa shape index (κ3) is 8.58. The van der Waals surface area contributed by atoms with Crippen molar-refractivity contribution in [2.75, 3.05) is 0 Å². The fourth-order valence-electron chi connectivity index (χ4n) is 4.93. The number of tetrazole rings is 1. The number of hydrogen-bond donors (Lipinski definition) is 3. The number of unbranched alkanes of at least 4 members (excludes halogenated alkanes) is 1. The highest BCUT2D eigenvalue weighted by Gasteiger charge is 2.22. The Hall–Kier alpha value is -5.19. The summed E-state index contributed by atoms with van der Waals surface area (Å²) < 4.78 is 12.0. The van der Waals surface area contributed by atoms with Crippen LogP contribution in [0.3, 0.4) is 0 Å². The van der Waals surface area contributed by atoms with Gasteiger partial charge < -0.3 is 19.1 Å². The van der Waals surface area contributed by atoms with Crippen molar-refractivity contribution in [2.24, 2.45) is 0 Å². The number of aromatic nitrogens is 6. The largest absolute Gasteiger partial charge is 0.510 e. The van der Waals surface area contributed by atoms with Crippen molar-refractivity contribution in [3.63, 3.8) is 0 Å². The minimum absolute atomic E-state index is 0.0190. The van der Waals surface area contributed by atoms with Crippen LogP contribution in [-0.4, -0.2) is 62.8 Å². The minimum Gasteiger partial charge on any atom is -0.476 e. The molecule has 250 valence electrons. The van der Waals surface area contributed by atoms with E-state index >= 15 is 0 Å². The summed E-state index contributed by atoms with van der Waals surface area (Å²) >= 11 is 6.19. The van der Waals surface area contributed by atoms with Gasteiger partial charge in [0.15, 0.2) is 10.8 Å². The van der Waals surface area contributed by atoms with Crippen molar-refractivity contribution in [1.29, 1.82) is 0 Å². The standard InChI is InChI=1S/C32H32ClN7O8/c1-2-3-12-27-34-29(33)28(31(41)42)38(27)17-21-13-15-22(16-14-21)25-10-6-7-11-26(25)30-35-37-39(36-30)20-47-32(43)46-18-23-8-4-5-9-24(23)19-48-40(44)45/h4-11,13-16,44-45H,2-3,12,17-20H2,1H3,(H,41,42). The second-order valence-corrected chi connectivity index (χ2v) is 10.9. The molecule has 0 aliphatic heterocycles. The van der Waals surface area contributed by atoms with E-state index in [-0.39, 0.29) is 30.8 Å². The van der Waals surface area contributed by atoms with Gasteiger partial charge in [0.2, 0.25) is 12.6 Å². The van der Waals surface area contributed by atoms with Gasteiger partial charge in [-0.2, -0.15) is 0 Å². The smallest absolute Gasteiger partial charge is 0.476 e. The molecule has 0 bridgehead atoms. The zero-order chi connectivity index (χ0) is 34.0. The number of halogens is 1. The molecule has 48 heavy (non-hydrogen) atoms. The number of carboxylic acid groups (broad SMARTS) is 1. The molecule has 0 aliphatic rings. The first kappa shape index (κ1) is 34.2. The Bertz CT molecular complexity index is 1860. The monoisotopic (exact) mass is 677 g/mol. The van der Waals surface area contributed by atoms with E-state index in [9.17, 15) is 14.7 Å². The van der Waals surface area contributed by atoms with Crippen molar-refractivity contribution in [1.82, 2.24) is 35.1 Å². The molecule has 0 radical (unpaired) electrons. The third-order valence-corrected chi connectivity index (χ3v) is 7.55. The molecule has 0 spiro atoms. The molecule has 0 amide bonds. The van der Waals surface area contributed by atoms with E-state index in [1.54, 1.807) is 28.8 Å². The first-order valence-corrected chi connectivity index (χ1v) is 15.2. The number of aromatic carboxylic acids is 1. The van der Waals surface area contributed by atoms with Gasteiger partial charge in [0.1, 0.15) is 12.4 Å². The zero-order valence-corrected chi connectivity index (χ0v) is 26.5. The van der Waals surface area contributed by atoms with Crippen molar-refractivity contribution in [3.05, 3.63) is 106 Å². The quantitative estimate of drug-likeness (QED) is 0.0896. The number of imidazole rings is 1. The third-order valence-electron chi connectivity index (χ3n) is 7.28. The highest BCUT2D eigenvalue weighted by atomic mass is 35.5. The van der Waals surface area contributed by atoms with Gasteiger partial charge >= 0.3 is 12.1 Å². The molecule has 5 rings (SSSR count). The van der Waals surface area contributed by atoms with Crippen LogP contribution in [-0.2, 0) is 47.2 Å². The summed E-state index contributed by atoms with van der Waals surface area (Å²) in [5, 5.41) is 39.4. The Kier molecular flexibility index (Phi) is 11.4. The van der Waals surface area contributed by atoms with Crippen molar-refractivity contribution in [2.45, 2.75) is 52.7 Å².